The highest BCUT2D eigenvalue weighted by atomic mass is 35.5. The first-order chi connectivity index (χ1) is 7.66. The lowest BCUT2D eigenvalue weighted by atomic mass is 9.99. The Hall–Kier alpha value is -1.36. The number of nitrogens with zero attached hydrogens (tertiary/aromatic N) is 3. The summed E-state index contributed by atoms with van der Waals surface area (Å²) in [6.45, 7) is 1.27. The van der Waals surface area contributed by atoms with Crippen LogP contribution in [0.1, 0.15) is 12.8 Å². The van der Waals surface area contributed by atoms with Gasteiger partial charge < -0.3 is 10.0 Å². The Kier molecular flexibility index (Phi) is 3.24. The van der Waals surface area contributed by atoms with Crippen LogP contribution in [0.15, 0.2) is 12.4 Å². The molecule has 2 rings (SSSR count). The average molecular weight is 242 g/mol. The number of hydrogen-bond acceptors (Lipinski definition) is 4. The fourth-order valence-electron chi connectivity index (χ4n) is 1.83. The second-order valence-corrected chi connectivity index (χ2v) is 4.26. The second-order valence-electron chi connectivity index (χ2n) is 3.82. The molecule has 0 aliphatic carbocycles. The molecule has 0 aromatic carbocycles. The molecule has 1 aliphatic rings. The molecule has 2 heterocycles. The van der Waals surface area contributed by atoms with Crippen LogP contribution < -0.4 is 4.90 Å². The number of carboxylic acid groups (broad SMARTS) is 1. The van der Waals surface area contributed by atoms with Crippen LogP contribution in [-0.4, -0.2) is 34.1 Å². The summed E-state index contributed by atoms with van der Waals surface area (Å²) >= 11 is 5.69. The minimum absolute atomic E-state index is 0.326. The van der Waals surface area contributed by atoms with Gasteiger partial charge in [0.15, 0.2) is 0 Å². The molecule has 0 bridgehead atoms. The highest BCUT2D eigenvalue weighted by molar-refractivity contribution is 6.30. The van der Waals surface area contributed by atoms with Crippen molar-refractivity contribution in [3.05, 3.63) is 17.4 Å². The van der Waals surface area contributed by atoms with E-state index in [9.17, 15) is 4.79 Å². The van der Waals surface area contributed by atoms with Gasteiger partial charge in [-0.25, -0.2) is 9.97 Å². The lowest BCUT2D eigenvalue weighted by molar-refractivity contribution is -0.141. The summed E-state index contributed by atoms with van der Waals surface area (Å²) in [6, 6.07) is 0. The van der Waals surface area contributed by atoms with Crippen LogP contribution in [-0.2, 0) is 4.79 Å². The number of anilines is 1. The molecule has 1 N–H and O–H groups in total. The van der Waals surface area contributed by atoms with Gasteiger partial charge in [-0.3, -0.25) is 4.79 Å². The minimum atomic E-state index is -0.751. The van der Waals surface area contributed by atoms with Crippen LogP contribution in [0, 0.1) is 5.92 Å². The molecule has 5 nitrogen and oxygen atoms in total. The molecular formula is C10H12ClN3O2. The Morgan fingerprint density at radius 1 is 1.50 bits per heavy atom. The predicted octanol–water partition coefficient (Wildman–Crippen LogP) is 1.43. The average Bonchev–Trinajstić information content (AvgIpc) is 2.30. The van der Waals surface area contributed by atoms with Crippen molar-refractivity contribution in [3.63, 3.8) is 0 Å². The third-order valence-electron chi connectivity index (χ3n) is 2.66. The number of piperidine rings is 1. The van der Waals surface area contributed by atoms with E-state index >= 15 is 0 Å². The van der Waals surface area contributed by atoms with Crippen LogP contribution in [0.2, 0.25) is 5.02 Å². The largest absolute Gasteiger partial charge is 0.481 e. The molecule has 0 radical (unpaired) electrons. The summed E-state index contributed by atoms with van der Waals surface area (Å²) in [5.74, 6) is -0.526. The molecule has 0 spiro atoms. The van der Waals surface area contributed by atoms with Crippen molar-refractivity contribution in [1.29, 1.82) is 0 Å². The monoisotopic (exact) mass is 241 g/mol. The van der Waals surface area contributed by atoms with Gasteiger partial charge in [-0.1, -0.05) is 11.6 Å². The van der Waals surface area contributed by atoms with Gasteiger partial charge in [0, 0.05) is 13.1 Å². The smallest absolute Gasteiger partial charge is 0.308 e. The number of aromatic nitrogens is 2. The minimum Gasteiger partial charge on any atom is -0.481 e. The first kappa shape index (κ1) is 11.1. The van der Waals surface area contributed by atoms with Gasteiger partial charge in [-0.05, 0) is 12.8 Å². The maximum Gasteiger partial charge on any atom is 0.308 e. The number of rotatable bonds is 2. The molecule has 6 heteroatoms. The Labute approximate surface area is 98.1 Å². The van der Waals surface area contributed by atoms with Crippen LogP contribution in [0.4, 0.5) is 5.95 Å². The zero-order valence-electron chi connectivity index (χ0n) is 8.64. The zero-order chi connectivity index (χ0) is 11.5. The van der Waals surface area contributed by atoms with Crippen LogP contribution in [0.5, 0.6) is 0 Å². The Balaban J connectivity index is 2.09. The third kappa shape index (κ3) is 2.41. The Morgan fingerprint density at radius 2 is 2.19 bits per heavy atom. The van der Waals surface area contributed by atoms with Crippen molar-refractivity contribution in [2.45, 2.75) is 12.8 Å². The summed E-state index contributed by atoms with van der Waals surface area (Å²) in [4.78, 5) is 21.0. The topological polar surface area (TPSA) is 66.3 Å². The van der Waals surface area contributed by atoms with E-state index in [2.05, 4.69) is 9.97 Å². The standard InChI is InChI=1S/C10H12ClN3O2/c11-8-4-12-10(13-5-8)14-3-1-2-7(6-14)9(15)16/h4-5,7H,1-3,6H2,(H,15,16)/t7-/m0/s1. The summed E-state index contributed by atoms with van der Waals surface area (Å²) in [7, 11) is 0. The molecule has 16 heavy (non-hydrogen) atoms. The van der Waals surface area contributed by atoms with Crippen molar-refractivity contribution in [1.82, 2.24) is 9.97 Å². The van der Waals surface area contributed by atoms with Gasteiger partial charge in [-0.15, -0.1) is 0 Å². The highest BCUT2D eigenvalue weighted by Crippen LogP contribution is 2.20. The maximum atomic E-state index is 10.9. The van der Waals surface area contributed by atoms with E-state index in [1.807, 2.05) is 4.90 Å². The summed E-state index contributed by atoms with van der Waals surface area (Å²) in [5.41, 5.74) is 0. The van der Waals surface area contributed by atoms with Gasteiger partial charge in [-0.2, -0.15) is 0 Å². The molecule has 1 fully saturated rings. The molecule has 1 saturated heterocycles. The van der Waals surface area contributed by atoms with Crippen molar-refractivity contribution >= 4 is 23.5 Å². The summed E-state index contributed by atoms with van der Waals surface area (Å²) in [6.07, 6.45) is 4.62. The first-order valence-electron chi connectivity index (χ1n) is 5.12. The van der Waals surface area contributed by atoms with E-state index in [0.29, 0.717) is 17.5 Å². The van der Waals surface area contributed by atoms with E-state index in [0.717, 1.165) is 19.4 Å². The number of hydrogen-bond donors (Lipinski definition) is 1. The molecular weight excluding hydrogens is 230 g/mol. The fourth-order valence-corrected chi connectivity index (χ4v) is 1.93. The molecule has 1 aliphatic heterocycles. The number of aliphatic carboxylic acids is 1. The molecule has 86 valence electrons. The summed E-state index contributed by atoms with van der Waals surface area (Å²) < 4.78 is 0. The van der Waals surface area contributed by atoms with E-state index in [-0.39, 0.29) is 5.92 Å². The predicted molar refractivity (Wildman–Crippen MR) is 59.6 cm³/mol. The molecule has 0 amide bonds. The molecule has 0 saturated carbocycles. The second kappa shape index (κ2) is 4.65. The lowest BCUT2D eigenvalue weighted by Crippen LogP contribution is -2.39. The van der Waals surface area contributed by atoms with E-state index in [4.69, 9.17) is 16.7 Å². The fraction of sp³-hybridized carbons (Fsp3) is 0.500. The number of carboxylic acids is 1. The van der Waals surface area contributed by atoms with Crippen LogP contribution in [0.3, 0.4) is 0 Å². The molecule has 1 aromatic rings. The molecule has 0 unspecified atom stereocenters. The van der Waals surface area contributed by atoms with Crippen molar-refractivity contribution < 1.29 is 9.90 Å². The highest BCUT2D eigenvalue weighted by Gasteiger charge is 2.26. The summed E-state index contributed by atoms with van der Waals surface area (Å²) in [5, 5.41) is 9.44. The zero-order valence-corrected chi connectivity index (χ0v) is 9.39. The van der Waals surface area contributed by atoms with Gasteiger partial charge in [0.2, 0.25) is 5.95 Å². The third-order valence-corrected chi connectivity index (χ3v) is 2.86. The van der Waals surface area contributed by atoms with Gasteiger partial charge in [0.05, 0.1) is 23.3 Å². The number of carbonyl (C=O) groups is 1. The van der Waals surface area contributed by atoms with Gasteiger partial charge in [0.1, 0.15) is 0 Å². The van der Waals surface area contributed by atoms with E-state index in [1.165, 1.54) is 12.4 Å². The van der Waals surface area contributed by atoms with E-state index in [1.54, 1.807) is 0 Å². The van der Waals surface area contributed by atoms with Gasteiger partial charge >= 0.3 is 5.97 Å². The van der Waals surface area contributed by atoms with Crippen molar-refractivity contribution in [2.24, 2.45) is 5.92 Å². The van der Waals surface area contributed by atoms with Crippen molar-refractivity contribution in [3.8, 4) is 0 Å². The SMILES string of the molecule is O=C(O)[C@H]1CCCN(c2ncc(Cl)cn2)C1. The molecule has 1 atom stereocenters. The normalized spacial score (nSPS) is 20.8. The lowest BCUT2D eigenvalue weighted by Gasteiger charge is -2.30. The van der Waals surface area contributed by atoms with Crippen molar-refractivity contribution in [2.75, 3.05) is 18.0 Å². The maximum absolute atomic E-state index is 10.9. The molecule has 1 aromatic heterocycles. The van der Waals surface area contributed by atoms with E-state index < -0.39 is 5.97 Å². The first-order valence-corrected chi connectivity index (χ1v) is 5.50. The Bertz CT molecular complexity index is 382. The van der Waals surface area contributed by atoms with Crippen LogP contribution >= 0.6 is 11.6 Å². The van der Waals surface area contributed by atoms with Crippen LogP contribution in [0.25, 0.3) is 0 Å². The quantitative estimate of drug-likeness (QED) is 0.849. The van der Waals surface area contributed by atoms with Gasteiger partial charge in [0.25, 0.3) is 0 Å². The Morgan fingerprint density at radius 3 is 2.81 bits per heavy atom. The number of halogens is 1.